The second kappa shape index (κ2) is 11.7. The van der Waals surface area contributed by atoms with Crippen molar-refractivity contribution in [3.05, 3.63) is 130 Å². The number of amides is 2. The summed E-state index contributed by atoms with van der Waals surface area (Å²) in [6.45, 7) is 0.268. The first-order valence-corrected chi connectivity index (χ1v) is 13.4. The van der Waals surface area contributed by atoms with Crippen LogP contribution in [0.5, 0.6) is 0 Å². The van der Waals surface area contributed by atoms with Gasteiger partial charge < -0.3 is 15.7 Å². The molecule has 10 heteroatoms. The van der Waals surface area contributed by atoms with Crippen molar-refractivity contribution in [2.45, 2.75) is 24.2 Å². The van der Waals surface area contributed by atoms with Crippen LogP contribution in [0.15, 0.2) is 118 Å². The van der Waals surface area contributed by atoms with Gasteiger partial charge in [-0.15, -0.1) is 0 Å². The van der Waals surface area contributed by atoms with Gasteiger partial charge in [-0.05, 0) is 66.3 Å². The SMILES string of the molecule is [N-]=[N+]=NS(=O)(=O)c1ccc(NC(=O)NCC2=CC(Cc3ccccc3)(Cc3ccccc3)C(O)=CC2)cc1. The highest BCUT2D eigenvalue weighted by Gasteiger charge is 2.35. The van der Waals surface area contributed by atoms with Gasteiger partial charge in [0.25, 0.3) is 10.0 Å². The lowest BCUT2D eigenvalue weighted by atomic mass is 9.71. The summed E-state index contributed by atoms with van der Waals surface area (Å²) in [6.07, 6.45) is 5.59. The van der Waals surface area contributed by atoms with E-state index in [-0.39, 0.29) is 11.4 Å². The summed E-state index contributed by atoms with van der Waals surface area (Å²) in [6, 6.07) is 24.8. The van der Waals surface area contributed by atoms with E-state index < -0.39 is 21.5 Å². The highest BCUT2D eigenvalue weighted by atomic mass is 32.2. The molecule has 3 aromatic carbocycles. The largest absolute Gasteiger partial charge is 0.512 e. The van der Waals surface area contributed by atoms with Crippen LogP contribution in [0.3, 0.4) is 0 Å². The summed E-state index contributed by atoms with van der Waals surface area (Å²) in [5.74, 6) is 0.314. The molecule has 0 unspecified atom stereocenters. The fourth-order valence-electron chi connectivity index (χ4n) is 4.52. The first-order chi connectivity index (χ1) is 18.3. The third kappa shape index (κ3) is 6.61. The lowest BCUT2D eigenvalue weighted by Crippen LogP contribution is -2.34. The summed E-state index contributed by atoms with van der Waals surface area (Å²) >= 11 is 0. The maximum atomic E-state index is 12.5. The van der Waals surface area contributed by atoms with Crippen molar-refractivity contribution in [2.24, 2.45) is 9.93 Å². The highest BCUT2D eigenvalue weighted by molar-refractivity contribution is 7.90. The average Bonchev–Trinajstić information content (AvgIpc) is 2.91. The number of aliphatic hydroxyl groups excluding tert-OH is 1. The van der Waals surface area contributed by atoms with Crippen LogP contribution in [0.1, 0.15) is 17.5 Å². The molecular weight excluding hydrogens is 502 g/mol. The second-order valence-corrected chi connectivity index (χ2v) is 10.6. The molecule has 0 spiro atoms. The number of nitrogens with zero attached hydrogens (tertiary/aromatic N) is 3. The van der Waals surface area contributed by atoms with Crippen LogP contribution >= 0.6 is 0 Å². The number of carbonyl (C=O) groups excluding carboxylic acids is 1. The smallest absolute Gasteiger partial charge is 0.319 e. The number of hydrogen-bond acceptors (Lipinski definition) is 4. The molecule has 0 aromatic heterocycles. The van der Waals surface area contributed by atoms with Gasteiger partial charge in [0.2, 0.25) is 0 Å². The van der Waals surface area contributed by atoms with Crippen LogP contribution in [0.4, 0.5) is 10.5 Å². The Labute approximate surface area is 221 Å². The topological polar surface area (TPSA) is 144 Å². The number of carbonyl (C=O) groups is 1. The Morgan fingerprint density at radius 2 is 1.53 bits per heavy atom. The number of allylic oxidation sites excluding steroid dienone is 2. The number of hydrogen-bond donors (Lipinski definition) is 3. The Morgan fingerprint density at radius 3 is 2.08 bits per heavy atom. The van der Waals surface area contributed by atoms with E-state index in [9.17, 15) is 18.3 Å². The van der Waals surface area contributed by atoms with Crippen LogP contribution in [0.2, 0.25) is 0 Å². The molecule has 0 aliphatic heterocycles. The summed E-state index contributed by atoms with van der Waals surface area (Å²) < 4.78 is 26.4. The Morgan fingerprint density at radius 1 is 0.947 bits per heavy atom. The van der Waals surface area contributed by atoms with E-state index in [0.717, 1.165) is 16.7 Å². The van der Waals surface area contributed by atoms with E-state index in [4.69, 9.17) is 5.53 Å². The summed E-state index contributed by atoms with van der Waals surface area (Å²) in [7, 11) is -4.09. The van der Waals surface area contributed by atoms with Crippen LogP contribution < -0.4 is 10.6 Å². The second-order valence-electron chi connectivity index (χ2n) is 9.06. The molecule has 194 valence electrons. The standard InChI is InChI=1S/C28H27N5O4S/c29-32-33-38(36,37)25-14-12-24(13-15-25)31-27(35)30-20-23-11-16-26(34)28(19-23,17-21-7-3-1-4-8-21)18-22-9-5-2-6-10-22/h1-10,12-16,19,34H,11,17-18,20H2,(H2,30,31,35). The molecular formula is C28H27N5O4S. The molecule has 0 heterocycles. The molecule has 9 nitrogen and oxygen atoms in total. The fraction of sp³-hybridized carbons (Fsp3) is 0.179. The van der Waals surface area contributed by atoms with E-state index in [2.05, 4.69) is 26.1 Å². The van der Waals surface area contributed by atoms with Gasteiger partial charge in [0.05, 0.1) is 16.1 Å². The van der Waals surface area contributed by atoms with Gasteiger partial charge >= 0.3 is 6.03 Å². The minimum absolute atomic E-state index is 0.173. The number of anilines is 1. The van der Waals surface area contributed by atoms with Crippen molar-refractivity contribution in [1.29, 1.82) is 0 Å². The predicted molar refractivity (Wildman–Crippen MR) is 146 cm³/mol. The molecule has 1 aliphatic carbocycles. The van der Waals surface area contributed by atoms with Gasteiger partial charge in [0.15, 0.2) is 0 Å². The zero-order chi connectivity index (χ0) is 27.0. The van der Waals surface area contributed by atoms with Crippen molar-refractivity contribution < 1.29 is 18.3 Å². The van der Waals surface area contributed by atoms with E-state index in [1.54, 1.807) is 0 Å². The van der Waals surface area contributed by atoms with Crippen molar-refractivity contribution in [3.63, 3.8) is 0 Å². The van der Waals surface area contributed by atoms with Gasteiger partial charge in [-0.2, -0.15) is 0 Å². The van der Waals surface area contributed by atoms with E-state index in [1.165, 1.54) is 24.3 Å². The molecule has 4 rings (SSSR count). The number of rotatable bonds is 9. The molecule has 0 radical (unpaired) electrons. The molecule has 1 aliphatic rings. The van der Waals surface area contributed by atoms with Gasteiger partial charge in [0.1, 0.15) is 0 Å². The Balaban J connectivity index is 1.48. The lowest BCUT2D eigenvalue weighted by molar-refractivity contribution is 0.251. The molecule has 3 aromatic rings. The van der Waals surface area contributed by atoms with E-state index in [1.807, 2.05) is 66.7 Å². The average molecular weight is 530 g/mol. The van der Waals surface area contributed by atoms with Crippen molar-refractivity contribution in [3.8, 4) is 0 Å². The number of sulfonamides is 1. The molecule has 0 saturated heterocycles. The highest BCUT2D eigenvalue weighted by Crippen LogP contribution is 2.40. The first kappa shape index (κ1) is 26.5. The Hall–Kier alpha value is -4.53. The number of azide groups is 1. The quantitative estimate of drug-likeness (QED) is 0.134. The van der Waals surface area contributed by atoms with E-state index in [0.29, 0.717) is 30.7 Å². The van der Waals surface area contributed by atoms with Gasteiger partial charge in [-0.25, -0.2) is 13.2 Å². The maximum Gasteiger partial charge on any atom is 0.319 e. The number of urea groups is 1. The number of aliphatic hydroxyl groups is 1. The minimum atomic E-state index is -4.09. The zero-order valence-electron chi connectivity index (χ0n) is 20.5. The molecule has 0 fully saturated rings. The van der Waals surface area contributed by atoms with Crippen molar-refractivity contribution >= 4 is 21.7 Å². The first-order valence-electron chi connectivity index (χ1n) is 11.9. The normalized spacial score (nSPS) is 14.4. The predicted octanol–water partition coefficient (Wildman–Crippen LogP) is 6.05. The van der Waals surface area contributed by atoms with Crippen LogP contribution in [0.25, 0.3) is 10.4 Å². The van der Waals surface area contributed by atoms with E-state index >= 15 is 0 Å². The summed E-state index contributed by atoms with van der Waals surface area (Å²) in [5.41, 5.74) is 11.3. The molecule has 3 N–H and O–H groups in total. The third-order valence-electron chi connectivity index (χ3n) is 6.30. The minimum Gasteiger partial charge on any atom is -0.512 e. The summed E-state index contributed by atoms with van der Waals surface area (Å²) in [4.78, 5) is 14.7. The van der Waals surface area contributed by atoms with Crippen LogP contribution in [-0.2, 0) is 22.9 Å². The van der Waals surface area contributed by atoms with Crippen LogP contribution in [-0.4, -0.2) is 26.1 Å². The van der Waals surface area contributed by atoms with Gasteiger partial charge in [-0.1, -0.05) is 72.3 Å². The zero-order valence-corrected chi connectivity index (χ0v) is 21.3. The fourth-order valence-corrected chi connectivity index (χ4v) is 5.19. The maximum absolute atomic E-state index is 12.5. The number of nitrogens with one attached hydrogen (secondary N) is 2. The van der Waals surface area contributed by atoms with Crippen molar-refractivity contribution in [1.82, 2.24) is 5.32 Å². The molecule has 38 heavy (non-hydrogen) atoms. The lowest BCUT2D eigenvalue weighted by Gasteiger charge is -2.34. The molecule has 0 atom stereocenters. The monoisotopic (exact) mass is 529 g/mol. The van der Waals surface area contributed by atoms with Gasteiger partial charge in [0, 0.05) is 21.7 Å². The van der Waals surface area contributed by atoms with Crippen molar-refractivity contribution in [2.75, 3.05) is 11.9 Å². The number of benzene rings is 3. The molecule has 0 saturated carbocycles. The van der Waals surface area contributed by atoms with Crippen LogP contribution in [0, 0.1) is 5.41 Å². The third-order valence-corrected chi connectivity index (χ3v) is 7.46. The Bertz CT molecular complexity index is 1450. The Kier molecular flexibility index (Phi) is 8.15. The summed E-state index contributed by atoms with van der Waals surface area (Å²) in [5, 5.41) is 16.6. The molecule has 2 amide bonds. The molecule has 0 bridgehead atoms. The van der Waals surface area contributed by atoms with Gasteiger partial charge in [-0.3, -0.25) is 0 Å².